The second kappa shape index (κ2) is 9.60. The van der Waals surface area contributed by atoms with Gasteiger partial charge in [-0.1, -0.05) is 34.5 Å². The summed E-state index contributed by atoms with van der Waals surface area (Å²) in [6.07, 6.45) is 0. The Bertz CT molecular complexity index is 1060. The van der Waals surface area contributed by atoms with Crippen molar-refractivity contribution in [3.8, 4) is 5.75 Å². The van der Waals surface area contributed by atoms with Gasteiger partial charge in [-0.05, 0) is 48.9 Å². The molecule has 30 heavy (non-hydrogen) atoms. The van der Waals surface area contributed by atoms with E-state index in [2.05, 4.69) is 20.4 Å². The minimum absolute atomic E-state index is 0.111. The number of methoxy groups -OCH3 is 1. The molecule has 2 aromatic carbocycles. The molecule has 0 aliphatic rings. The number of carbonyl (C=O) groups excluding carboxylic acids is 2. The number of carbonyl (C=O) groups is 2. The molecule has 8 nitrogen and oxygen atoms in total. The Balaban J connectivity index is 1.61. The van der Waals surface area contributed by atoms with Gasteiger partial charge in [-0.25, -0.2) is 9.48 Å². The maximum atomic E-state index is 12.4. The van der Waals surface area contributed by atoms with Crippen LogP contribution >= 0.6 is 23.2 Å². The molecule has 1 heterocycles. The molecule has 10 heteroatoms. The zero-order valence-corrected chi connectivity index (χ0v) is 17.7. The van der Waals surface area contributed by atoms with Crippen LogP contribution < -0.4 is 10.1 Å². The van der Waals surface area contributed by atoms with E-state index in [0.717, 1.165) is 5.56 Å². The van der Waals surface area contributed by atoms with Gasteiger partial charge in [0.15, 0.2) is 12.4 Å². The SMILES string of the molecule is COC(=O)c1cccc(OCNC(=O)c2nnn(Cc3cc(Cl)cc(Cl)c3)c2C)c1. The number of aromatic nitrogens is 3. The molecule has 1 amide bonds. The second-order valence-corrected chi connectivity index (χ2v) is 7.15. The van der Waals surface area contributed by atoms with Gasteiger partial charge in [0.25, 0.3) is 5.91 Å². The summed E-state index contributed by atoms with van der Waals surface area (Å²) < 4.78 is 11.7. The molecule has 1 N–H and O–H groups in total. The highest BCUT2D eigenvalue weighted by atomic mass is 35.5. The quantitative estimate of drug-likeness (QED) is 0.438. The number of nitrogens with zero attached hydrogens (tertiary/aromatic N) is 3. The van der Waals surface area contributed by atoms with Crippen LogP contribution in [0.1, 0.15) is 32.1 Å². The lowest BCUT2D eigenvalue weighted by molar-refractivity contribution is 0.0599. The van der Waals surface area contributed by atoms with Crippen LogP contribution in [0.5, 0.6) is 5.75 Å². The van der Waals surface area contributed by atoms with Gasteiger partial charge in [0, 0.05) is 10.0 Å². The van der Waals surface area contributed by atoms with Gasteiger partial charge in [-0.3, -0.25) is 4.79 Å². The molecule has 3 rings (SSSR count). The monoisotopic (exact) mass is 448 g/mol. The molecule has 3 aromatic rings. The van der Waals surface area contributed by atoms with E-state index in [4.69, 9.17) is 27.9 Å². The third-order valence-electron chi connectivity index (χ3n) is 4.18. The average Bonchev–Trinajstić information content (AvgIpc) is 3.07. The van der Waals surface area contributed by atoms with Crippen LogP contribution in [0, 0.1) is 6.92 Å². The molecule has 0 radical (unpaired) electrons. The maximum Gasteiger partial charge on any atom is 0.337 e. The van der Waals surface area contributed by atoms with Crippen molar-refractivity contribution in [3.05, 3.63) is 75.0 Å². The molecule has 0 aliphatic carbocycles. The largest absolute Gasteiger partial charge is 0.473 e. The van der Waals surface area contributed by atoms with Crippen LogP contribution in [-0.4, -0.2) is 40.7 Å². The van der Waals surface area contributed by atoms with E-state index in [1.54, 1.807) is 48.0 Å². The number of amides is 1. The van der Waals surface area contributed by atoms with Gasteiger partial charge in [0.1, 0.15) is 5.75 Å². The van der Waals surface area contributed by atoms with Gasteiger partial charge in [0.2, 0.25) is 0 Å². The van der Waals surface area contributed by atoms with E-state index in [9.17, 15) is 9.59 Å². The maximum absolute atomic E-state index is 12.4. The number of esters is 1. The minimum Gasteiger partial charge on any atom is -0.473 e. The Hall–Kier alpha value is -3.10. The van der Waals surface area contributed by atoms with Crippen molar-refractivity contribution >= 4 is 35.1 Å². The normalized spacial score (nSPS) is 10.5. The first-order chi connectivity index (χ1) is 14.4. The Morgan fingerprint density at radius 1 is 1.13 bits per heavy atom. The molecule has 0 bridgehead atoms. The summed E-state index contributed by atoms with van der Waals surface area (Å²) in [6.45, 7) is 1.99. The molecule has 156 valence electrons. The van der Waals surface area contributed by atoms with E-state index < -0.39 is 11.9 Å². The summed E-state index contributed by atoms with van der Waals surface area (Å²) in [7, 11) is 1.30. The molecule has 1 aromatic heterocycles. The molecule has 0 atom stereocenters. The number of hydrogen-bond acceptors (Lipinski definition) is 6. The predicted molar refractivity (Wildman–Crippen MR) is 111 cm³/mol. The third-order valence-corrected chi connectivity index (χ3v) is 4.62. The highest BCUT2D eigenvalue weighted by Gasteiger charge is 2.17. The molecule has 0 aliphatic heterocycles. The zero-order valence-electron chi connectivity index (χ0n) is 16.2. The summed E-state index contributed by atoms with van der Waals surface area (Å²) in [5.74, 6) is -0.499. The van der Waals surface area contributed by atoms with E-state index in [1.165, 1.54) is 13.2 Å². The molecule has 0 saturated carbocycles. The molecular formula is C20H18Cl2N4O4. The van der Waals surface area contributed by atoms with Crippen LogP contribution in [0.3, 0.4) is 0 Å². The number of benzene rings is 2. The van der Waals surface area contributed by atoms with Crippen LogP contribution in [0.2, 0.25) is 10.0 Å². The topological polar surface area (TPSA) is 95.3 Å². The Morgan fingerprint density at radius 3 is 2.57 bits per heavy atom. The summed E-state index contributed by atoms with van der Waals surface area (Å²) in [6, 6.07) is 11.6. The van der Waals surface area contributed by atoms with Crippen molar-refractivity contribution in [1.29, 1.82) is 0 Å². The van der Waals surface area contributed by atoms with Gasteiger partial charge in [0.05, 0.1) is 24.9 Å². The Labute approximate surface area is 182 Å². The number of rotatable bonds is 7. The highest BCUT2D eigenvalue weighted by molar-refractivity contribution is 6.34. The fourth-order valence-corrected chi connectivity index (χ4v) is 3.27. The van der Waals surface area contributed by atoms with Gasteiger partial charge in [-0.15, -0.1) is 5.10 Å². The lowest BCUT2D eigenvalue weighted by Gasteiger charge is -2.09. The predicted octanol–water partition coefficient (Wildman–Crippen LogP) is 3.49. The van der Waals surface area contributed by atoms with Crippen LogP contribution in [-0.2, 0) is 11.3 Å². The van der Waals surface area contributed by atoms with Crippen molar-refractivity contribution in [2.45, 2.75) is 13.5 Å². The van der Waals surface area contributed by atoms with Crippen LogP contribution in [0.15, 0.2) is 42.5 Å². The van der Waals surface area contributed by atoms with E-state index in [-0.39, 0.29) is 12.4 Å². The minimum atomic E-state index is -0.474. The lowest BCUT2D eigenvalue weighted by atomic mass is 10.2. The molecule has 0 fully saturated rings. The van der Waals surface area contributed by atoms with Crippen LogP contribution in [0.4, 0.5) is 0 Å². The van der Waals surface area contributed by atoms with Crippen molar-refractivity contribution in [3.63, 3.8) is 0 Å². The fraction of sp³-hybridized carbons (Fsp3) is 0.200. The van der Waals surface area contributed by atoms with E-state index >= 15 is 0 Å². The Morgan fingerprint density at radius 2 is 1.87 bits per heavy atom. The standard InChI is InChI=1S/C20H18Cl2N4O4/c1-12-18(24-25-26(12)10-13-6-15(21)9-16(22)7-13)19(27)23-11-30-17-5-3-4-14(8-17)20(28)29-2/h3-9H,10-11H2,1-2H3,(H,23,27). The second-order valence-electron chi connectivity index (χ2n) is 6.27. The van der Waals surface area contributed by atoms with E-state index in [1.807, 2.05) is 0 Å². The first-order valence-corrected chi connectivity index (χ1v) is 9.57. The van der Waals surface area contributed by atoms with E-state index in [0.29, 0.717) is 33.6 Å². The first kappa shape index (κ1) is 21.6. The summed E-state index contributed by atoms with van der Waals surface area (Å²) in [4.78, 5) is 24.0. The highest BCUT2D eigenvalue weighted by Crippen LogP contribution is 2.20. The smallest absolute Gasteiger partial charge is 0.337 e. The van der Waals surface area contributed by atoms with Crippen LogP contribution in [0.25, 0.3) is 0 Å². The molecule has 0 unspecified atom stereocenters. The zero-order chi connectivity index (χ0) is 21.7. The average molecular weight is 449 g/mol. The Kier molecular flexibility index (Phi) is 6.91. The summed E-state index contributed by atoms with van der Waals surface area (Å²) >= 11 is 12.0. The fourth-order valence-electron chi connectivity index (χ4n) is 2.69. The molecular weight excluding hydrogens is 431 g/mol. The van der Waals surface area contributed by atoms with Crippen molar-refractivity contribution in [2.24, 2.45) is 0 Å². The number of halogens is 2. The number of hydrogen-bond donors (Lipinski definition) is 1. The lowest BCUT2D eigenvalue weighted by Crippen LogP contribution is -2.28. The summed E-state index contributed by atoms with van der Waals surface area (Å²) in [5, 5.41) is 11.6. The van der Waals surface area contributed by atoms with Gasteiger partial charge < -0.3 is 14.8 Å². The van der Waals surface area contributed by atoms with Crippen molar-refractivity contribution in [2.75, 3.05) is 13.8 Å². The van der Waals surface area contributed by atoms with Gasteiger partial charge in [-0.2, -0.15) is 0 Å². The number of nitrogens with one attached hydrogen (secondary N) is 1. The third kappa shape index (κ3) is 5.28. The first-order valence-electron chi connectivity index (χ1n) is 8.82. The van der Waals surface area contributed by atoms with Gasteiger partial charge >= 0.3 is 5.97 Å². The molecule has 0 spiro atoms. The summed E-state index contributed by atoms with van der Waals surface area (Å²) in [5.41, 5.74) is 1.94. The molecule has 0 saturated heterocycles. The van der Waals surface area contributed by atoms with Crippen molar-refractivity contribution < 1.29 is 19.1 Å². The van der Waals surface area contributed by atoms with Crippen molar-refractivity contribution in [1.82, 2.24) is 20.3 Å². The number of ether oxygens (including phenoxy) is 2.